The number of H-pyrrole nitrogens is 1. The van der Waals surface area contributed by atoms with Gasteiger partial charge in [-0.05, 0) is 38.1 Å². The predicted octanol–water partition coefficient (Wildman–Crippen LogP) is 4.20. The van der Waals surface area contributed by atoms with Crippen LogP contribution in [0.25, 0.3) is 33.9 Å². The number of hydrogen-bond donors (Lipinski definition) is 2. The van der Waals surface area contributed by atoms with Crippen LogP contribution in [0.3, 0.4) is 0 Å². The van der Waals surface area contributed by atoms with Crippen LogP contribution in [0.15, 0.2) is 46.9 Å². The molecule has 0 aliphatic rings. The number of fused-ring (bicyclic) bond motifs is 1. The summed E-state index contributed by atoms with van der Waals surface area (Å²) in [5, 5.41) is 9.28. The molecule has 2 N–H and O–H groups in total. The van der Waals surface area contributed by atoms with Crippen LogP contribution in [0, 0.1) is 13.8 Å². The van der Waals surface area contributed by atoms with Gasteiger partial charge in [0.15, 0.2) is 0 Å². The highest BCUT2D eigenvalue weighted by atomic mass is 16.4. The first-order valence-electron chi connectivity index (χ1n) is 7.80. The van der Waals surface area contributed by atoms with Gasteiger partial charge in [0.25, 0.3) is 0 Å². The SMILES string of the molecule is Cc1nc(-c2ccc(-c3nc4c(C(=O)O)cccc4[nH]3)cc2)oc1C. The zero-order valence-corrected chi connectivity index (χ0v) is 13.7. The number of aryl methyl sites for hydroxylation is 2. The van der Waals surface area contributed by atoms with E-state index in [1.54, 1.807) is 12.1 Å². The molecule has 0 saturated heterocycles. The number of hydrogen-bond acceptors (Lipinski definition) is 4. The van der Waals surface area contributed by atoms with E-state index in [1.165, 1.54) is 0 Å². The third-order valence-corrected chi connectivity index (χ3v) is 4.18. The summed E-state index contributed by atoms with van der Waals surface area (Å²) in [7, 11) is 0. The van der Waals surface area contributed by atoms with Crippen molar-refractivity contribution in [3.8, 4) is 22.8 Å². The summed E-state index contributed by atoms with van der Waals surface area (Å²) in [5.74, 6) is 1.01. The van der Waals surface area contributed by atoms with E-state index in [-0.39, 0.29) is 5.56 Å². The molecule has 25 heavy (non-hydrogen) atoms. The number of carboxylic acid groups (broad SMARTS) is 1. The molecule has 2 aromatic heterocycles. The van der Waals surface area contributed by atoms with E-state index >= 15 is 0 Å². The molecule has 0 spiro atoms. The summed E-state index contributed by atoms with van der Waals surface area (Å²) < 4.78 is 5.64. The topological polar surface area (TPSA) is 92.0 Å². The minimum atomic E-state index is -0.992. The third-order valence-electron chi connectivity index (χ3n) is 4.18. The Hall–Kier alpha value is -3.41. The van der Waals surface area contributed by atoms with Crippen LogP contribution < -0.4 is 0 Å². The monoisotopic (exact) mass is 333 g/mol. The van der Waals surface area contributed by atoms with Gasteiger partial charge < -0.3 is 14.5 Å². The average molecular weight is 333 g/mol. The molecule has 6 nitrogen and oxygen atoms in total. The summed E-state index contributed by atoms with van der Waals surface area (Å²) in [6.07, 6.45) is 0. The Balaban J connectivity index is 1.74. The van der Waals surface area contributed by atoms with Gasteiger partial charge in [-0.1, -0.05) is 18.2 Å². The third kappa shape index (κ3) is 2.57. The molecule has 0 unspecified atom stereocenters. The first kappa shape index (κ1) is 15.1. The fraction of sp³-hybridized carbons (Fsp3) is 0.105. The largest absolute Gasteiger partial charge is 0.478 e. The van der Waals surface area contributed by atoms with Crippen LogP contribution in [0.5, 0.6) is 0 Å². The van der Waals surface area contributed by atoms with Gasteiger partial charge in [0, 0.05) is 11.1 Å². The number of nitrogens with zero attached hydrogens (tertiary/aromatic N) is 2. The van der Waals surface area contributed by atoms with E-state index in [0.717, 1.165) is 22.6 Å². The molecule has 0 saturated carbocycles. The van der Waals surface area contributed by atoms with Crippen LogP contribution in [-0.4, -0.2) is 26.0 Å². The zero-order valence-electron chi connectivity index (χ0n) is 13.7. The second-order valence-electron chi connectivity index (χ2n) is 5.83. The lowest BCUT2D eigenvalue weighted by Gasteiger charge is -1.99. The number of rotatable bonds is 3. The van der Waals surface area contributed by atoms with Gasteiger partial charge >= 0.3 is 5.97 Å². The van der Waals surface area contributed by atoms with E-state index < -0.39 is 5.97 Å². The van der Waals surface area contributed by atoms with Crippen molar-refractivity contribution in [3.05, 3.63) is 59.5 Å². The quantitative estimate of drug-likeness (QED) is 0.586. The van der Waals surface area contributed by atoms with Crippen LogP contribution >= 0.6 is 0 Å². The standard InChI is InChI=1S/C19H15N3O3/c1-10-11(2)25-18(20-10)13-8-6-12(7-9-13)17-21-15-5-3-4-14(19(23)24)16(15)22-17/h3-9H,1-2H3,(H,21,22)(H,23,24). The van der Waals surface area contributed by atoms with Crippen molar-refractivity contribution in [2.24, 2.45) is 0 Å². The van der Waals surface area contributed by atoms with E-state index in [0.29, 0.717) is 22.7 Å². The summed E-state index contributed by atoms with van der Waals surface area (Å²) in [5.41, 5.74) is 3.93. The van der Waals surface area contributed by atoms with Gasteiger partial charge in [-0.3, -0.25) is 0 Å². The number of aromatic nitrogens is 3. The summed E-state index contributed by atoms with van der Waals surface area (Å²) >= 11 is 0. The maximum Gasteiger partial charge on any atom is 0.337 e. The summed E-state index contributed by atoms with van der Waals surface area (Å²) in [4.78, 5) is 23.3. The van der Waals surface area contributed by atoms with Gasteiger partial charge in [-0.25, -0.2) is 14.8 Å². The normalized spacial score (nSPS) is 11.1. The molecule has 0 fully saturated rings. The lowest BCUT2D eigenvalue weighted by molar-refractivity contribution is 0.0699. The number of carboxylic acids is 1. The molecule has 0 amide bonds. The van der Waals surface area contributed by atoms with Crippen LogP contribution in [-0.2, 0) is 0 Å². The molecule has 0 bridgehead atoms. The summed E-state index contributed by atoms with van der Waals surface area (Å²) in [6.45, 7) is 3.79. The molecule has 2 heterocycles. The molecule has 0 aliphatic heterocycles. The van der Waals surface area contributed by atoms with Crippen molar-refractivity contribution in [1.29, 1.82) is 0 Å². The van der Waals surface area contributed by atoms with Crippen LogP contribution in [0.1, 0.15) is 21.8 Å². The van der Waals surface area contributed by atoms with Gasteiger partial charge in [0.1, 0.15) is 17.1 Å². The predicted molar refractivity (Wildman–Crippen MR) is 93.5 cm³/mol. The van der Waals surface area contributed by atoms with Crippen molar-refractivity contribution < 1.29 is 14.3 Å². The molecule has 0 atom stereocenters. The summed E-state index contributed by atoms with van der Waals surface area (Å²) in [6, 6.07) is 12.7. The fourth-order valence-corrected chi connectivity index (χ4v) is 2.71. The lowest BCUT2D eigenvalue weighted by atomic mass is 10.1. The number of imidazole rings is 1. The molecule has 4 aromatic rings. The van der Waals surface area contributed by atoms with E-state index in [2.05, 4.69) is 15.0 Å². The highest BCUT2D eigenvalue weighted by molar-refractivity contribution is 6.01. The van der Waals surface area contributed by atoms with Crippen LogP contribution in [0.2, 0.25) is 0 Å². The number of aromatic amines is 1. The highest BCUT2D eigenvalue weighted by Crippen LogP contribution is 2.26. The van der Waals surface area contributed by atoms with E-state index in [9.17, 15) is 9.90 Å². The maximum atomic E-state index is 11.3. The molecule has 2 aromatic carbocycles. The Morgan fingerprint density at radius 1 is 1.04 bits per heavy atom. The molecule has 124 valence electrons. The van der Waals surface area contributed by atoms with Gasteiger partial charge in [-0.15, -0.1) is 0 Å². The molecule has 0 radical (unpaired) electrons. The number of para-hydroxylation sites is 1. The number of nitrogens with one attached hydrogen (secondary N) is 1. The number of aromatic carboxylic acids is 1. The molecule has 0 aliphatic carbocycles. The zero-order chi connectivity index (χ0) is 17.6. The Kier molecular flexibility index (Phi) is 3.39. The van der Waals surface area contributed by atoms with Gasteiger partial charge in [0.05, 0.1) is 16.8 Å². The molecule has 6 heteroatoms. The van der Waals surface area contributed by atoms with Crippen molar-refractivity contribution >= 4 is 17.0 Å². The van der Waals surface area contributed by atoms with E-state index in [1.807, 2.05) is 44.2 Å². The number of oxazole rings is 1. The fourth-order valence-electron chi connectivity index (χ4n) is 2.71. The Morgan fingerprint density at radius 3 is 2.40 bits per heavy atom. The Bertz CT molecular complexity index is 1070. The van der Waals surface area contributed by atoms with Crippen molar-refractivity contribution in [2.45, 2.75) is 13.8 Å². The molecule has 4 rings (SSSR count). The lowest BCUT2D eigenvalue weighted by Crippen LogP contribution is -1.96. The minimum Gasteiger partial charge on any atom is -0.478 e. The maximum absolute atomic E-state index is 11.3. The molecular formula is C19H15N3O3. The number of benzene rings is 2. The Labute approximate surface area is 143 Å². The van der Waals surface area contributed by atoms with Crippen molar-refractivity contribution in [3.63, 3.8) is 0 Å². The molecular weight excluding hydrogens is 318 g/mol. The van der Waals surface area contributed by atoms with Gasteiger partial charge in [-0.2, -0.15) is 0 Å². The minimum absolute atomic E-state index is 0.183. The second-order valence-corrected chi connectivity index (χ2v) is 5.83. The van der Waals surface area contributed by atoms with Gasteiger partial charge in [0.2, 0.25) is 5.89 Å². The number of carbonyl (C=O) groups is 1. The van der Waals surface area contributed by atoms with Crippen LogP contribution in [0.4, 0.5) is 0 Å². The second kappa shape index (κ2) is 5.59. The van der Waals surface area contributed by atoms with E-state index in [4.69, 9.17) is 4.42 Å². The highest BCUT2D eigenvalue weighted by Gasteiger charge is 2.14. The first-order chi connectivity index (χ1) is 12.0. The van der Waals surface area contributed by atoms with Crippen molar-refractivity contribution in [1.82, 2.24) is 15.0 Å². The smallest absolute Gasteiger partial charge is 0.337 e. The Morgan fingerprint density at radius 2 is 1.76 bits per heavy atom. The average Bonchev–Trinajstić information content (AvgIpc) is 3.18. The van der Waals surface area contributed by atoms with Crippen molar-refractivity contribution in [2.75, 3.05) is 0 Å². The first-order valence-corrected chi connectivity index (χ1v) is 7.80.